The smallest absolute Gasteiger partial charge is 0.254 e. The van der Waals surface area contributed by atoms with Gasteiger partial charge in [-0.3, -0.25) is 4.79 Å². The van der Waals surface area contributed by atoms with E-state index >= 15 is 0 Å². The summed E-state index contributed by atoms with van der Waals surface area (Å²) in [5, 5.41) is 2.36. The molecule has 1 amide bonds. The summed E-state index contributed by atoms with van der Waals surface area (Å²) in [7, 11) is 1.84. The van der Waals surface area contributed by atoms with Crippen LogP contribution >= 0.6 is 0 Å². The van der Waals surface area contributed by atoms with Crippen molar-refractivity contribution in [3.63, 3.8) is 0 Å². The van der Waals surface area contributed by atoms with Crippen molar-refractivity contribution in [2.24, 2.45) is 0 Å². The summed E-state index contributed by atoms with van der Waals surface area (Å²) in [6.07, 6.45) is 0. The second-order valence-corrected chi connectivity index (χ2v) is 6.23. The predicted octanol–water partition coefficient (Wildman–Crippen LogP) is 4.56. The lowest BCUT2D eigenvalue weighted by atomic mass is 9.98. The van der Waals surface area contributed by atoms with E-state index in [1.54, 1.807) is 11.0 Å². The maximum Gasteiger partial charge on any atom is 0.254 e. The van der Waals surface area contributed by atoms with Crippen LogP contribution in [0.15, 0.2) is 60.7 Å². The number of nitrogens with two attached hydrogens (primary N) is 1. The summed E-state index contributed by atoms with van der Waals surface area (Å²) in [4.78, 5) is 14.7. The van der Waals surface area contributed by atoms with Crippen LogP contribution in [0.4, 0.5) is 5.69 Å². The van der Waals surface area contributed by atoms with Crippen LogP contribution in [0.2, 0.25) is 0 Å². The van der Waals surface area contributed by atoms with Gasteiger partial charge in [0.25, 0.3) is 5.91 Å². The number of benzene rings is 3. The molecular weight excluding hydrogens is 296 g/mol. The van der Waals surface area contributed by atoms with Gasteiger partial charge in [-0.25, -0.2) is 0 Å². The first-order valence-corrected chi connectivity index (χ1v) is 8.10. The molecule has 3 nitrogen and oxygen atoms in total. The molecule has 3 rings (SSSR count). The van der Waals surface area contributed by atoms with Gasteiger partial charge in [-0.15, -0.1) is 0 Å². The number of hydrogen-bond acceptors (Lipinski definition) is 2. The van der Waals surface area contributed by atoms with Crippen LogP contribution in [0.1, 0.15) is 34.5 Å². The van der Waals surface area contributed by atoms with Gasteiger partial charge in [0.1, 0.15) is 0 Å². The average Bonchev–Trinajstić information content (AvgIpc) is 2.61. The van der Waals surface area contributed by atoms with E-state index in [4.69, 9.17) is 5.73 Å². The highest BCUT2D eigenvalue weighted by atomic mass is 16.2. The maximum atomic E-state index is 12.9. The van der Waals surface area contributed by atoms with E-state index in [1.807, 2.05) is 44.3 Å². The fourth-order valence-electron chi connectivity index (χ4n) is 3.06. The van der Waals surface area contributed by atoms with E-state index in [1.165, 1.54) is 10.8 Å². The summed E-state index contributed by atoms with van der Waals surface area (Å²) < 4.78 is 0. The van der Waals surface area contributed by atoms with E-state index in [0.29, 0.717) is 11.3 Å². The molecule has 0 saturated heterocycles. The minimum atomic E-state index is -0.0376. The molecule has 24 heavy (non-hydrogen) atoms. The first-order valence-electron chi connectivity index (χ1n) is 8.10. The molecule has 3 heteroatoms. The topological polar surface area (TPSA) is 46.3 Å². The van der Waals surface area contributed by atoms with Gasteiger partial charge in [-0.2, -0.15) is 0 Å². The highest BCUT2D eigenvalue weighted by Crippen LogP contribution is 2.28. The number of carbonyl (C=O) groups is 1. The number of amides is 1. The van der Waals surface area contributed by atoms with Crippen LogP contribution in [-0.4, -0.2) is 17.9 Å². The average molecular weight is 318 g/mol. The van der Waals surface area contributed by atoms with E-state index in [0.717, 1.165) is 11.1 Å². The summed E-state index contributed by atoms with van der Waals surface area (Å²) in [5.41, 5.74) is 9.20. The van der Waals surface area contributed by atoms with Crippen LogP contribution in [0.5, 0.6) is 0 Å². The Kier molecular flexibility index (Phi) is 4.26. The molecule has 0 spiro atoms. The number of carbonyl (C=O) groups excluding carboxylic acids is 1. The molecule has 2 N–H and O–H groups in total. The number of fused-ring (bicyclic) bond motifs is 1. The molecule has 1 unspecified atom stereocenters. The fourth-order valence-corrected chi connectivity index (χ4v) is 3.06. The van der Waals surface area contributed by atoms with Crippen LogP contribution in [0.25, 0.3) is 10.8 Å². The van der Waals surface area contributed by atoms with Crippen molar-refractivity contribution < 1.29 is 4.79 Å². The molecule has 0 bridgehead atoms. The van der Waals surface area contributed by atoms with E-state index in [9.17, 15) is 4.79 Å². The van der Waals surface area contributed by atoms with Crippen LogP contribution in [0, 0.1) is 6.92 Å². The van der Waals surface area contributed by atoms with Crippen LogP contribution in [-0.2, 0) is 0 Å². The van der Waals surface area contributed by atoms with Crippen molar-refractivity contribution >= 4 is 22.4 Å². The SMILES string of the molecule is Cc1ccc(N)cc1C(=O)N(C)C(C)c1cccc2ccccc12. The normalized spacial score (nSPS) is 12.1. The highest BCUT2D eigenvalue weighted by Gasteiger charge is 2.21. The minimum absolute atomic E-state index is 0.0137. The molecule has 1 atom stereocenters. The van der Waals surface area contributed by atoms with Gasteiger partial charge in [0.15, 0.2) is 0 Å². The van der Waals surface area contributed by atoms with Gasteiger partial charge in [0.05, 0.1) is 6.04 Å². The minimum Gasteiger partial charge on any atom is -0.399 e. The van der Waals surface area contributed by atoms with E-state index in [2.05, 4.69) is 31.2 Å². The number of nitrogens with zero attached hydrogens (tertiary/aromatic N) is 1. The van der Waals surface area contributed by atoms with Crippen LogP contribution in [0.3, 0.4) is 0 Å². The first-order chi connectivity index (χ1) is 11.5. The van der Waals surface area contributed by atoms with E-state index < -0.39 is 0 Å². The Hall–Kier alpha value is -2.81. The van der Waals surface area contributed by atoms with Gasteiger partial charge < -0.3 is 10.6 Å². The molecule has 3 aromatic carbocycles. The van der Waals surface area contributed by atoms with Crippen molar-refractivity contribution in [3.8, 4) is 0 Å². The lowest BCUT2D eigenvalue weighted by Gasteiger charge is -2.27. The van der Waals surface area contributed by atoms with Crippen molar-refractivity contribution in [2.75, 3.05) is 12.8 Å². The standard InChI is InChI=1S/C21H22N2O/c1-14-11-12-17(22)13-20(14)21(24)23(3)15(2)18-10-6-8-16-7-4-5-9-19(16)18/h4-13,15H,22H2,1-3H3. The largest absolute Gasteiger partial charge is 0.399 e. The molecule has 0 heterocycles. The Morgan fingerprint density at radius 2 is 1.75 bits per heavy atom. The summed E-state index contributed by atoms with van der Waals surface area (Å²) >= 11 is 0. The number of nitrogen functional groups attached to an aromatic ring is 1. The van der Waals surface area contributed by atoms with Crippen molar-refractivity contribution in [1.29, 1.82) is 0 Å². The molecule has 0 fully saturated rings. The van der Waals surface area contributed by atoms with Crippen LogP contribution < -0.4 is 5.73 Å². The Bertz CT molecular complexity index is 896. The molecule has 0 aliphatic heterocycles. The zero-order valence-electron chi connectivity index (χ0n) is 14.3. The van der Waals surface area contributed by atoms with Gasteiger partial charge >= 0.3 is 0 Å². The molecule has 3 aromatic rings. The van der Waals surface area contributed by atoms with Gasteiger partial charge in [0.2, 0.25) is 0 Å². The lowest BCUT2D eigenvalue weighted by molar-refractivity contribution is 0.0743. The molecule has 122 valence electrons. The third-order valence-corrected chi connectivity index (χ3v) is 4.67. The third-order valence-electron chi connectivity index (χ3n) is 4.67. The zero-order valence-corrected chi connectivity index (χ0v) is 14.3. The summed E-state index contributed by atoms with van der Waals surface area (Å²) in [5.74, 6) is -0.0137. The molecular formula is C21H22N2O. The predicted molar refractivity (Wildman–Crippen MR) is 100 cm³/mol. The van der Waals surface area contributed by atoms with Crippen molar-refractivity contribution in [2.45, 2.75) is 19.9 Å². The Labute approximate surface area is 142 Å². The first kappa shape index (κ1) is 16.1. The molecule has 0 saturated carbocycles. The molecule has 0 radical (unpaired) electrons. The number of aryl methyl sites for hydroxylation is 1. The summed E-state index contributed by atoms with van der Waals surface area (Å²) in [6.45, 7) is 3.99. The number of rotatable bonds is 3. The second-order valence-electron chi connectivity index (χ2n) is 6.23. The Morgan fingerprint density at radius 3 is 2.54 bits per heavy atom. The van der Waals surface area contributed by atoms with E-state index in [-0.39, 0.29) is 11.9 Å². The molecule has 0 aliphatic rings. The second kappa shape index (κ2) is 6.36. The van der Waals surface area contributed by atoms with Gasteiger partial charge in [-0.1, -0.05) is 48.5 Å². The Morgan fingerprint density at radius 1 is 1.04 bits per heavy atom. The molecule has 0 aromatic heterocycles. The zero-order chi connectivity index (χ0) is 17.3. The summed E-state index contributed by atoms with van der Waals surface area (Å²) in [6, 6.07) is 19.9. The highest BCUT2D eigenvalue weighted by molar-refractivity contribution is 5.97. The number of hydrogen-bond donors (Lipinski definition) is 1. The van der Waals surface area contributed by atoms with Crippen molar-refractivity contribution in [1.82, 2.24) is 4.90 Å². The monoisotopic (exact) mass is 318 g/mol. The maximum absolute atomic E-state index is 12.9. The van der Waals surface area contributed by atoms with Crippen molar-refractivity contribution in [3.05, 3.63) is 77.4 Å². The van der Waals surface area contributed by atoms with Gasteiger partial charge in [0, 0.05) is 18.3 Å². The molecule has 0 aliphatic carbocycles. The third kappa shape index (κ3) is 2.85. The van der Waals surface area contributed by atoms with Gasteiger partial charge in [-0.05, 0) is 47.9 Å². The number of anilines is 1. The quantitative estimate of drug-likeness (QED) is 0.719. The lowest BCUT2D eigenvalue weighted by Crippen LogP contribution is -2.30. The Balaban J connectivity index is 1.98. The fraction of sp³-hybridized carbons (Fsp3) is 0.190.